The summed E-state index contributed by atoms with van der Waals surface area (Å²) in [7, 11) is 0. The molecule has 0 aliphatic rings. The van der Waals surface area contributed by atoms with Gasteiger partial charge in [-0.25, -0.2) is 0 Å². The van der Waals surface area contributed by atoms with Gasteiger partial charge in [0.2, 0.25) is 0 Å². The summed E-state index contributed by atoms with van der Waals surface area (Å²) in [6.07, 6.45) is 3.71. The quantitative estimate of drug-likeness (QED) is 0.607. The molecule has 1 aromatic carbocycles. The van der Waals surface area contributed by atoms with Crippen molar-refractivity contribution < 1.29 is 14.6 Å². The summed E-state index contributed by atoms with van der Waals surface area (Å²) in [5.74, 6) is -0.0735. The number of hydrogen-bond donors (Lipinski definition) is 1. The van der Waals surface area contributed by atoms with Gasteiger partial charge in [0, 0.05) is 0 Å². The molecular weight excluding hydrogens is 216 g/mol. The largest absolute Gasteiger partial charge is 0.504 e. The number of ether oxygens (including phenoxy) is 1. The molecule has 1 atom stereocenters. The van der Waals surface area contributed by atoms with E-state index in [0.717, 1.165) is 25.7 Å². The highest BCUT2D eigenvalue weighted by Gasteiger charge is 2.19. The predicted octanol–water partition coefficient (Wildman–Crippen LogP) is 3.51. The first-order valence-corrected chi connectivity index (χ1v) is 6.18. The van der Waals surface area contributed by atoms with E-state index in [0.29, 0.717) is 0 Å². The molecule has 1 N–H and O–H groups in total. The van der Waals surface area contributed by atoms with E-state index < -0.39 is 0 Å². The molecule has 0 heterocycles. The van der Waals surface area contributed by atoms with Crippen LogP contribution in [0.2, 0.25) is 0 Å². The highest BCUT2D eigenvalue weighted by Crippen LogP contribution is 2.26. The molecule has 1 rings (SSSR count). The number of phenolic OH excluding ortho intramolecular Hbond substituents is 1. The third-order valence-corrected chi connectivity index (χ3v) is 2.81. The van der Waals surface area contributed by atoms with E-state index in [2.05, 4.69) is 6.92 Å². The average molecular weight is 236 g/mol. The monoisotopic (exact) mass is 236 g/mol. The summed E-state index contributed by atoms with van der Waals surface area (Å²) in [5.41, 5.74) is 0. The Hall–Kier alpha value is -1.51. The molecule has 0 radical (unpaired) electrons. The number of benzene rings is 1. The fourth-order valence-corrected chi connectivity index (χ4v) is 1.67. The van der Waals surface area contributed by atoms with Crippen LogP contribution in [0.5, 0.6) is 11.5 Å². The van der Waals surface area contributed by atoms with Gasteiger partial charge in [0.15, 0.2) is 11.5 Å². The third kappa shape index (κ3) is 4.10. The van der Waals surface area contributed by atoms with E-state index in [1.54, 1.807) is 18.2 Å². The lowest BCUT2D eigenvalue weighted by Gasteiger charge is -2.13. The van der Waals surface area contributed by atoms with Gasteiger partial charge in [-0.15, -0.1) is 0 Å². The van der Waals surface area contributed by atoms with Gasteiger partial charge in [0.05, 0.1) is 5.92 Å². The minimum Gasteiger partial charge on any atom is -0.504 e. The van der Waals surface area contributed by atoms with E-state index in [1.807, 2.05) is 6.92 Å². The van der Waals surface area contributed by atoms with Crippen LogP contribution in [0, 0.1) is 5.92 Å². The average Bonchev–Trinajstić information content (AvgIpc) is 2.33. The molecule has 0 aliphatic heterocycles. The van der Waals surface area contributed by atoms with Crippen LogP contribution in [-0.2, 0) is 4.79 Å². The number of hydrogen-bond acceptors (Lipinski definition) is 3. The van der Waals surface area contributed by atoms with Crippen molar-refractivity contribution in [1.82, 2.24) is 0 Å². The smallest absolute Gasteiger partial charge is 0.314 e. The minimum atomic E-state index is -0.248. The zero-order valence-corrected chi connectivity index (χ0v) is 10.5. The number of para-hydroxylation sites is 2. The molecule has 3 heteroatoms. The second kappa shape index (κ2) is 6.94. The van der Waals surface area contributed by atoms with Crippen molar-refractivity contribution in [3.63, 3.8) is 0 Å². The fraction of sp³-hybridized carbons (Fsp3) is 0.500. The van der Waals surface area contributed by atoms with E-state index in [4.69, 9.17) is 4.74 Å². The van der Waals surface area contributed by atoms with Crippen LogP contribution < -0.4 is 4.74 Å². The summed E-state index contributed by atoms with van der Waals surface area (Å²) in [5, 5.41) is 9.51. The lowest BCUT2D eigenvalue weighted by Crippen LogP contribution is -2.20. The van der Waals surface area contributed by atoms with Gasteiger partial charge in [-0.1, -0.05) is 38.8 Å². The lowest BCUT2D eigenvalue weighted by molar-refractivity contribution is -0.139. The predicted molar refractivity (Wildman–Crippen MR) is 67.0 cm³/mol. The van der Waals surface area contributed by atoms with Crippen molar-refractivity contribution in [2.45, 2.75) is 39.5 Å². The number of unbranched alkanes of at least 4 members (excludes halogenated alkanes) is 1. The fourth-order valence-electron chi connectivity index (χ4n) is 1.67. The molecule has 0 saturated carbocycles. The summed E-state index contributed by atoms with van der Waals surface area (Å²) in [4.78, 5) is 11.9. The molecule has 0 aromatic heterocycles. The topological polar surface area (TPSA) is 46.5 Å². The Kier molecular flexibility index (Phi) is 5.53. The van der Waals surface area contributed by atoms with E-state index in [-0.39, 0.29) is 23.4 Å². The first-order chi connectivity index (χ1) is 8.19. The molecule has 0 spiro atoms. The van der Waals surface area contributed by atoms with Gasteiger partial charge in [0.25, 0.3) is 0 Å². The van der Waals surface area contributed by atoms with Crippen molar-refractivity contribution in [3.05, 3.63) is 24.3 Å². The Morgan fingerprint density at radius 1 is 1.35 bits per heavy atom. The minimum absolute atomic E-state index is 0.00574. The second-order valence-corrected chi connectivity index (χ2v) is 4.14. The Morgan fingerprint density at radius 3 is 2.65 bits per heavy atom. The van der Waals surface area contributed by atoms with Gasteiger partial charge < -0.3 is 9.84 Å². The van der Waals surface area contributed by atoms with Crippen molar-refractivity contribution in [2.24, 2.45) is 5.92 Å². The number of carbonyl (C=O) groups is 1. The highest BCUT2D eigenvalue weighted by molar-refractivity contribution is 5.75. The van der Waals surface area contributed by atoms with Gasteiger partial charge in [-0.05, 0) is 25.0 Å². The molecule has 0 fully saturated rings. The molecule has 0 amide bonds. The molecule has 0 aliphatic carbocycles. The van der Waals surface area contributed by atoms with Crippen molar-refractivity contribution in [1.29, 1.82) is 0 Å². The lowest BCUT2D eigenvalue weighted by atomic mass is 10.00. The molecule has 3 nitrogen and oxygen atoms in total. The molecule has 0 bridgehead atoms. The first-order valence-electron chi connectivity index (χ1n) is 6.18. The molecule has 1 unspecified atom stereocenters. The molecule has 94 valence electrons. The van der Waals surface area contributed by atoms with Crippen molar-refractivity contribution in [2.75, 3.05) is 0 Å². The third-order valence-electron chi connectivity index (χ3n) is 2.81. The SMILES string of the molecule is CCCCC(CC)C(=O)Oc1ccccc1O. The van der Waals surface area contributed by atoms with Gasteiger partial charge in [-0.3, -0.25) is 4.79 Å². The number of carbonyl (C=O) groups excluding carboxylic acids is 1. The maximum absolute atomic E-state index is 11.9. The normalized spacial score (nSPS) is 12.1. The van der Waals surface area contributed by atoms with Crippen molar-refractivity contribution >= 4 is 5.97 Å². The zero-order valence-electron chi connectivity index (χ0n) is 10.5. The van der Waals surface area contributed by atoms with Gasteiger partial charge in [0.1, 0.15) is 0 Å². The van der Waals surface area contributed by atoms with Crippen molar-refractivity contribution in [3.8, 4) is 11.5 Å². The Balaban J connectivity index is 2.61. The van der Waals surface area contributed by atoms with E-state index >= 15 is 0 Å². The maximum atomic E-state index is 11.9. The van der Waals surface area contributed by atoms with Crippen LogP contribution in [-0.4, -0.2) is 11.1 Å². The summed E-state index contributed by atoms with van der Waals surface area (Å²) >= 11 is 0. The summed E-state index contributed by atoms with van der Waals surface area (Å²) in [6, 6.07) is 6.53. The Bertz CT molecular complexity index is 360. The summed E-state index contributed by atoms with van der Waals surface area (Å²) < 4.78 is 5.21. The molecule has 0 saturated heterocycles. The van der Waals surface area contributed by atoms with Crippen LogP contribution in [0.4, 0.5) is 0 Å². The zero-order chi connectivity index (χ0) is 12.7. The number of esters is 1. The first kappa shape index (κ1) is 13.6. The number of rotatable bonds is 6. The Labute approximate surface area is 102 Å². The maximum Gasteiger partial charge on any atom is 0.314 e. The molecule has 17 heavy (non-hydrogen) atoms. The van der Waals surface area contributed by atoms with Crippen LogP contribution in [0.1, 0.15) is 39.5 Å². The molecule has 1 aromatic rings. The second-order valence-electron chi connectivity index (χ2n) is 4.14. The van der Waals surface area contributed by atoms with Crippen LogP contribution >= 0.6 is 0 Å². The van der Waals surface area contributed by atoms with Gasteiger partial charge in [-0.2, -0.15) is 0 Å². The number of phenols is 1. The van der Waals surface area contributed by atoms with Crippen LogP contribution in [0.15, 0.2) is 24.3 Å². The summed E-state index contributed by atoms with van der Waals surface area (Å²) in [6.45, 7) is 4.08. The molecular formula is C14H20O3. The van der Waals surface area contributed by atoms with Crippen LogP contribution in [0.3, 0.4) is 0 Å². The van der Waals surface area contributed by atoms with Crippen LogP contribution in [0.25, 0.3) is 0 Å². The Morgan fingerprint density at radius 2 is 2.06 bits per heavy atom. The van der Waals surface area contributed by atoms with E-state index in [9.17, 15) is 9.90 Å². The highest BCUT2D eigenvalue weighted by atomic mass is 16.5. The standard InChI is InChI=1S/C14H20O3/c1-3-5-8-11(4-2)14(16)17-13-10-7-6-9-12(13)15/h6-7,9-11,15H,3-5,8H2,1-2H3. The number of aromatic hydroxyl groups is 1. The van der Waals surface area contributed by atoms with Gasteiger partial charge >= 0.3 is 5.97 Å². The van der Waals surface area contributed by atoms with E-state index in [1.165, 1.54) is 6.07 Å².